The summed E-state index contributed by atoms with van der Waals surface area (Å²) in [5.74, 6) is 0. The van der Waals surface area contributed by atoms with Crippen molar-refractivity contribution in [3.05, 3.63) is 153 Å². The summed E-state index contributed by atoms with van der Waals surface area (Å²) in [5.41, 5.74) is 12.1. The third-order valence-electron chi connectivity index (χ3n) is 7.95. The summed E-state index contributed by atoms with van der Waals surface area (Å²) in [4.78, 5) is 17.5. The van der Waals surface area contributed by atoms with Crippen molar-refractivity contribution < 1.29 is 0 Å². The molecule has 0 aliphatic heterocycles. The minimum atomic E-state index is 1.07. The van der Waals surface area contributed by atoms with Gasteiger partial charge in [0, 0.05) is 88.3 Å². The highest BCUT2D eigenvalue weighted by molar-refractivity contribution is 6.11. The number of nitrogens with zero attached hydrogens (tertiary/aromatic N) is 5. The lowest BCUT2D eigenvalue weighted by Gasteiger charge is -2.10. The lowest BCUT2D eigenvalue weighted by atomic mass is 10.00. The van der Waals surface area contributed by atoms with E-state index in [1.165, 1.54) is 10.8 Å². The molecule has 0 amide bonds. The summed E-state index contributed by atoms with van der Waals surface area (Å²) in [6, 6.07) is 36.4. The fourth-order valence-corrected chi connectivity index (χ4v) is 5.83. The van der Waals surface area contributed by atoms with Crippen LogP contribution < -0.4 is 0 Å². The highest BCUT2D eigenvalue weighted by atomic mass is 15.0. The monoisotopic (exact) mass is 551 g/mol. The van der Waals surface area contributed by atoms with Crippen molar-refractivity contribution in [1.82, 2.24) is 24.5 Å². The van der Waals surface area contributed by atoms with E-state index in [1.807, 2.05) is 73.8 Å². The van der Waals surface area contributed by atoms with Gasteiger partial charge < -0.3 is 4.57 Å². The average molecular weight is 552 g/mol. The molecule has 0 radical (unpaired) electrons. The van der Waals surface area contributed by atoms with Crippen LogP contribution in [-0.4, -0.2) is 24.5 Å². The van der Waals surface area contributed by atoms with Crippen molar-refractivity contribution in [2.75, 3.05) is 0 Å². The Bertz CT molecular complexity index is 2080. The van der Waals surface area contributed by atoms with Crippen LogP contribution in [-0.2, 0) is 0 Å². The maximum absolute atomic E-state index is 4.58. The van der Waals surface area contributed by atoms with Gasteiger partial charge in [-0.15, -0.1) is 0 Å². The topological polar surface area (TPSA) is 56.5 Å². The summed E-state index contributed by atoms with van der Waals surface area (Å²) in [5, 5.41) is 2.41. The van der Waals surface area contributed by atoms with Crippen LogP contribution in [0.15, 0.2) is 153 Å². The Balaban J connectivity index is 1.30. The van der Waals surface area contributed by atoms with E-state index < -0.39 is 0 Å². The molecular weight excluding hydrogens is 526 g/mol. The smallest absolute Gasteiger partial charge is 0.0547 e. The highest BCUT2D eigenvalue weighted by Gasteiger charge is 2.15. The van der Waals surface area contributed by atoms with Gasteiger partial charge in [0.25, 0.3) is 0 Å². The van der Waals surface area contributed by atoms with Crippen LogP contribution >= 0.6 is 0 Å². The maximum atomic E-state index is 4.58. The first-order valence-corrected chi connectivity index (χ1v) is 14.2. The van der Waals surface area contributed by atoms with Crippen LogP contribution in [0.3, 0.4) is 0 Å². The second-order valence-corrected chi connectivity index (χ2v) is 10.5. The van der Waals surface area contributed by atoms with Crippen molar-refractivity contribution in [1.29, 1.82) is 0 Å². The number of rotatable bonds is 5. The molecule has 0 saturated carbocycles. The SMILES string of the molecule is c1ccc(-n2c3cc(-c4cncc(-c5ccncc5)c4)ccc3c3ccc(-c4cncc(-c5ccncc5)c4)cc32)cc1. The zero-order valence-electron chi connectivity index (χ0n) is 23.2. The van der Waals surface area contributed by atoms with Gasteiger partial charge in [-0.05, 0) is 82.9 Å². The van der Waals surface area contributed by atoms with Gasteiger partial charge in [-0.1, -0.05) is 42.5 Å². The Kier molecular flexibility index (Phi) is 6.05. The summed E-state index contributed by atoms with van der Waals surface area (Å²) in [7, 11) is 0. The Labute approximate surface area is 248 Å². The van der Waals surface area contributed by atoms with Crippen molar-refractivity contribution in [3.8, 4) is 50.2 Å². The van der Waals surface area contributed by atoms with E-state index in [-0.39, 0.29) is 0 Å². The fourth-order valence-electron chi connectivity index (χ4n) is 5.83. The number of hydrogen-bond donors (Lipinski definition) is 0. The first-order chi connectivity index (χ1) is 21.3. The third kappa shape index (κ3) is 4.53. The van der Waals surface area contributed by atoms with Gasteiger partial charge in [0.15, 0.2) is 0 Å². The Hall–Kier alpha value is -5.94. The van der Waals surface area contributed by atoms with E-state index in [4.69, 9.17) is 0 Å². The molecule has 0 N–H and O–H groups in total. The normalized spacial score (nSPS) is 11.3. The number of para-hydroxylation sites is 1. The van der Waals surface area contributed by atoms with E-state index in [9.17, 15) is 0 Å². The number of aromatic nitrogens is 5. The van der Waals surface area contributed by atoms with Gasteiger partial charge in [-0.2, -0.15) is 0 Å². The zero-order chi connectivity index (χ0) is 28.6. The van der Waals surface area contributed by atoms with Crippen LogP contribution in [0.4, 0.5) is 0 Å². The van der Waals surface area contributed by atoms with Crippen LogP contribution in [0.2, 0.25) is 0 Å². The van der Waals surface area contributed by atoms with E-state index in [1.54, 1.807) is 0 Å². The van der Waals surface area contributed by atoms with Crippen molar-refractivity contribution in [2.45, 2.75) is 0 Å². The first kappa shape index (κ1) is 24.8. The molecule has 202 valence electrons. The third-order valence-corrected chi connectivity index (χ3v) is 7.95. The maximum Gasteiger partial charge on any atom is 0.0547 e. The van der Waals surface area contributed by atoms with Crippen LogP contribution in [0.1, 0.15) is 0 Å². The largest absolute Gasteiger partial charge is 0.309 e. The molecule has 43 heavy (non-hydrogen) atoms. The predicted molar refractivity (Wildman–Crippen MR) is 174 cm³/mol. The number of pyridine rings is 4. The standard InChI is InChI=1S/C38H25N5/c1-2-4-34(5-3-1)43-37-20-28(32-18-30(22-41-24-32)26-10-14-39-15-11-26)6-8-35(37)36-9-7-29(21-38(36)43)33-19-31(23-42-25-33)27-12-16-40-17-13-27/h1-25H. The fraction of sp³-hybridized carbons (Fsp3) is 0. The Morgan fingerprint density at radius 1 is 0.349 bits per heavy atom. The number of fused-ring (bicyclic) bond motifs is 3. The van der Waals surface area contributed by atoms with Crippen molar-refractivity contribution in [3.63, 3.8) is 0 Å². The van der Waals surface area contributed by atoms with Crippen molar-refractivity contribution >= 4 is 21.8 Å². The minimum absolute atomic E-state index is 1.07. The molecule has 8 rings (SSSR count). The molecule has 0 saturated heterocycles. The molecule has 0 aliphatic rings. The summed E-state index contributed by atoms with van der Waals surface area (Å²) >= 11 is 0. The molecule has 3 aromatic carbocycles. The molecule has 0 bridgehead atoms. The number of benzene rings is 3. The van der Waals surface area contributed by atoms with E-state index in [0.29, 0.717) is 0 Å². The quantitative estimate of drug-likeness (QED) is 0.214. The Morgan fingerprint density at radius 3 is 1.26 bits per heavy atom. The van der Waals surface area contributed by atoms with Gasteiger partial charge in [-0.25, -0.2) is 0 Å². The first-order valence-electron chi connectivity index (χ1n) is 14.2. The van der Waals surface area contributed by atoms with E-state index in [2.05, 4.69) is 103 Å². The van der Waals surface area contributed by atoms with E-state index >= 15 is 0 Å². The van der Waals surface area contributed by atoms with Gasteiger partial charge in [-0.3, -0.25) is 19.9 Å². The van der Waals surface area contributed by atoms with Crippen LogP contribution in [0.25, 0.3) is 72.0 Å². The van der Waals surface area contributed by atoms with Crippen molar-refractivity contribution in [2.24, 2.45) is 0 Å². The van der Waals surface area contributed by atoms with Gasteiger partial charge in [0.05, 0.1) is 11.0 Å². The Morgan fingerprint density at radius 2 is 0.791 bits per heavy atom. The molecule has 0 aliphatic carbocycles. The summed E-state index contributed by atoms with van der Waals surface area (Å²) < 4.78 is 2.36. The number of hydrogen-bond acceptors (Lipinski definition) is 4. The molecule has 0 unspecified atom stereocenters. The summed E-state index contributed by atoms with van der Waals surface area (Å²) in [6.07, 6.45) is 14.9. The second-order valence-electron chi connectivity index (χ2n) is 10.5. The molecule has 0 fully saturated rings. The second kappa shape index (κ2) is 10.5. The molecule has 5 heterocycles. The molecular formula is C38H25N5. The molecule has 5 aromatic heterocycles. The van der Waals surface area contributed by atoms with Crippen LogP contribution in [0.5, 0.6) is 0 Å². The van der Waals surface area contributed by atoms with Gasteiger partial charge >= 0.3 is 0 Å². The molecule has 8 aromatic rings. The molecule has 0 spiro atoms. The predicted octanol–water partition coefficient (Wildman–Crippen LogP) is 9.03. The molecule has 0 atom stereocenters. The zero-order valence-corrected chi connectivity index (χ0v) is 23.2. The molecule has 5 nitrogen and oxygen atoms in total. The van der Waals surface area contributed by atoms with Gasteiger partial charge in [0.2, 0.25) is 0 Å². The van der Waals surface area contributed by atoms with Crippen LogP contribution in [0, 0.1) is 0 Å². The lowest BCUT2D eigenvalue weighted by Crippen LogP contribution is -1.94. The van der Waals surface area contributed by atoms with Gasteiger partial charge in [0.1, 0.15) is 0 Å². The average Bonchev–Trinajstić information content (AvgIpc) is 3.42. The van der Waals surface area contributed by atoms with E-state index in [0.717, 1.165) is 61.2 Å². The minimum Gasteiger partial charge on any atom is -0.309 e. The summed E-state index contributed by atoms with van der Waals surface area (Å²) in [6.45, 7) is 0. The molecule has 5 heteroatoms. The highest BCUT2D eigenvalue weighted by Crippen LogP contribution is 2.37. The lowest BCUT2D eigenvalue weighted by molar-refractivity contribution is 1.18.